The van der Waals surface area contributed by atoms with Crippen LogP contribution in [0.1, 0.15) is 28.9 Å². The zero-order valence-electron chi connectivity index (χ0n) is 15.2. The van der Waals surface area contributed by atoms with Crippen molar-refractivity contribution in [2.24, 2.45) is 5.92 Å². The predicted molar refractivity (Wildman–Crippen MR) is 100 cm³/mol. The van der Waals surface area contributed by atoms with Gasteiger partial charge in [-0.25, -0.2) is 15.0 Å². The molecule has 7 heteroatoms. The molecule has 27 heavy (non-hydrogen) atoms. The number of aryl methyl sites for hydroxylation is 1. The van der Waals surface area contributed by atoms with E-state index in [2.05, 4.69) is 19.9 Å². The summed E-state index contributed by atoms with van der Waals surface area (Å²) in [6.45, 7) is 3.80. The van der Waals surface area contributed by atoms with Crippen LogP contribution in [0.5, 0.6) is 6.01 Å². The number of para-hydroxylation sites is 2. The smallest absolute Gasteiger partial charge is 0.316 e. The molecule has 4 rings (SSSR count). The van der Waals surface area contributed by atoms with Gasteiger partial charge in [0.1, 0.15) is 5.69 Å². The minimum absolute atomic E-state index is 0.0791. The number of fused-ring (bicyclic) bond motifs is 1. The highest BCUT2D eigenvalue weighted by Crippen LogP contribution is 2.19. The van der Waals surface area contributed by atoms with Crippen LogP contribution >= 0.6 is 0 Å². The van der Waals surface area contributed by atoms with Crippen molar-refractivity contribution in [3.8, 4) is 6.01 Å². The van der Waals surface area contributed by atoms with Crippen LogP contribution < -0.4 is 4.74 Å². The number of aromatic nitrogens is 4. The van der Waals surface area contributed by atoms with Crippen molar-refractivity contribution < 1.29 is 9.53 Å². The fourth-order valence-electron chi connectivity index (χ4n) is 3.26. The maximum atomic E-state index is 12.9. The number of hydrogen-bond donors (Lipinski definition) is 0. The molecule has 1 aliphatic heterocycles. The predicted octanol–water partition coefficient (Wildman–Crippen LogP) is 2.66. The van der Waals surface area contributed by atoms with Gasteiger partial charge >= 0.3 is 6.01 Å². The molecule has 1 unspecified atom stereocenters. The van der Waals surface area contributed by atoms with E-state index >= 15 is 0 Å². The average Bonchev–Trinajstić information content (AvgIpc) is 2.72. The summed E-state index contributed by atoms with van der Waals surface area (Å²) < 4.78 is 5.70. The first-order valence-electron chi connectivity index (χ1n) is 9.11. The summed E-state index contributed by atoms with van der Waals surface area (Å²) in [5.41, 5.74) is 2.90. The number of nitrogens with zero attached hydrogens (tertiary/aromatic N) is 5. The Bertz CT molecular complexity index is 945. The van der Waals surface area contributed by atoms with Gasteiger partial charge in [0, 0.05) is 31.4 Å². The van der Waals surface area contributed by atoms with E-state index in [-0.39, 0.29) is 11.8 Å². The first-order valence-corrected chi connectivity index (χ1v) is 9.11. The lowest BCUT2D eigenvalue weighted by atomic mass is 9.99. The van der Waals surface area contributed by atoms with Gasteiger partial charge in [0.25, 0.3) is 5.91 Å². The summed E-state index contributed by atoms with van der Waals surface area (Å²) in [5, 5.41) is 0. The van der Waals surface area contributed by atoms with Crippen LogP contribution in [0.3, 0.4) is 0 Å². The first kappa shape index (κ1) is 17.3. The zero-order valence-corrected chi connectivity index (χ0v) is 15.2. The standard InChI is InChI=1S/C20H21N5O2/c1-14-9-22-20(23-10-14)27-13-15-5-4-8-25(12-15)19(26)18-11-21-16-6-2-3-7-17(16)24-18/h2-3,6-7,9-11,15H,4-5,8,12-13H2,1H3. The summed E-state index contributed by atoms with van der Waals surface area (Å²) in [4.78, 5) is 31.8. The number of ether oxygens (including phenoxy) is 1. The molecule has 3 heterocycles. The largest absolute Gasteiger partial charge is 0.463 e. The lowest BCUT2D eigenvalue weighted by molar-refractivity contribution is 0.0623. The van der Waals surface area contributed by atoms with Crippen LogP contribution in [0, 0.1) is 12.8 Å². The van der Waals surface area contributed by atoms with Crippen LogP contribution in [-0.4, -0.2) is 50.4 Å². The Kier molecular flexibility index (Phi) is 4.91. The molecule has 1 amide bonds. The maximum absolute atomic E-state index is 12.9. The van der Waals surface area contributed by atoms with Crippen LogP contribution in [0.4, 0.5) is 0 Å². The highest BCUT2D eigenvalue weighted by Gasteiger charge is 2.26. The van der Waals surface area contributed by atoms with Gasteiger partial charge in [-0.15, -0.1) is 0 Å². The van der Waals surface area contributed by atoms with Gasteiger partial charge in [-0.05, 0) is 37.5 Å². The third kappa shape index (κ3) is 4.02. The minimum atomic E-state index is -0.0791. The van der Waals surface area contributed by atoms with Crippen molar-refractivity contribution in [2.45, 2.75) is 19.8 Å². The second kappa shape index (κ2) is 7.65. The van der Waals surface area contributed by atoms with Crippen LogP contribution in [-0.2, 0) is 0 Å². The van der Waals surface area contributed by atoms with Gasteiger partial charge in [0.05, 0.1) is 23.8 Å². The number of hydrogen-bond acceptors (Lipinski definition) is 6. The Morgan fingerprint density at radius 2 is 1.93 bits per heavy atom. The van der Waals surface area contributed by atoms with E-state index in [4.69, 9.17) is 4.74 Å². The Balaban J connectivity index is 1.40. The molecule has 0 aliphatic carbocycles. The van der Waals surface area contributed by atoms with E-state index in [1.165, 1.54) is 0 Å². The Morgan fingerprint density at radius 1 is 1.15 bits per heavy atom. The molecule has 138 valence electrons. The summed E-state index contributed by atoms with van der Waals surface area (Å²) >= 11 is 0. The number of carbonyl (C=O) groups excluding carboxylic acids is 1. The molecule has 2 aromatic heterocycles. The molecule has 1 atom stereocenters. The second-order valence-electron chi connectivity index (χ2n) is 6.86. The summed E-state index contributed by atoms with van der Waals surface area (Å²) in [6, 6.07) is 7.94. The normalized spacial score (nSPS) is 17.1. The molecule has 0 bridgehead atoms. The molecule has 1 saturated heterocycles. The van der Waals surface area contributed by atoms with E-state index in [1.54, 1.807) is 18.6 Å². The number of amides is 1. The van der Waals surface area contributed by atoms with Crippen LogP contribution in [0.15, 0.2) is 42.9 Å². The van der Waals surface area contributed by atoms with Crippen molar-refractivity contribution in [2.75, 3.05) is 19.7 Å². The minimum Gasteiger partial charge on any atom is -0.463 e. The fraction of sp³-hybridized carbons (Fsp3) is 0.350. The molecule has 7 nitrogen and oxygen atoms in total. The fourth-order valence-corrected chi connectivity index (χ4v) is 3.26. The maximum Gasteiger partial charge on any atom is 0.316 e. The average molecular weight is 363 g/mol. The first-order chi connectivity index (χ1) is 13.2. The van der Waals surface area contributed by atoms with Crippen molar-refractivity contribution in [1.29, 1.82) is 0 Å². The van der Waals surface area contributed by atoms with Crippen molar-refractivity contribution in [1.82, 2.24) is 24.8 Å². The van der Waals surface area contributed by atoms with Crippen LogP contribution in [0.25, 0.3) is 11.0 Å². The third-order valence-corrected chi connectivity index (χ3v) is 4.68. The Labute approximate surface area is 157 Å². The lowest BCUT2D eigenvalue weighted by Crippen LogP contribution is -2.42. The molecular weight excluding hydrogens is 342 g/mol. The van der Waals surface area contributed by atoms with E-state index in [1.807, 2.05) is 36.1 Å². The quantitative estimate of drug-likeness (QED) is 0.709. The Hall–Kier alpha value is -3.09. The molecule has 0 saturated carbocycles. The molecule has 3 aromatic rings. The molecule has 0 spiro atoms. The molecule has 0 radical (unpaired) electrons. The van der Waals surface area contributed by atoms with Gasteiger partial charge in [-0.2, -0.15) is 0 Å². The SMILES string of the molecule is Cc1cnc(OCC2CCCN(C(=O)c3cnc4ccccc4n3)C2)nc1. The van der Waals surface area contributed by atoms with Gasteiger partial charge in [0.15, 0.2) is 0 Å². The molecule has 1 aromatic carbocycles. The van der Waals surface area contributed by atoms with E-state index in [0.29, 0.717) is 24.9 Å². The lowest BCUT2D eigenvalue weighted by Gasteiger charge is -2.32. The van der Waals surface area contributed by atoms with Gasteiger partial charge < -0.3 is 9.64 Å². The van der Waals surface area contributed by atoms with E-state index < -0.39 is 0 Å². The topological polar surface area (TPSA) is 81.1 Å². The van der Waals surface area contributed by atoms with Gasteiger partial charge in [0.2, 0.25) is 0 Å². The Morgan fingerprint density at radius 3 is 2.74 bits per heavy atom. The number of piperidine rings is 1. The number of benzene rings is 1. The second-order valence-corrected chi connectivity index (χ2v) is 6.86. The van der Waals surface area contributed by atoms with Gasteiger partial charge in [-0.1, -0.05) is 12.1 Å². The summed E-state index contributed by atoms with van der Waals surface area (Å²) in [6.07, 6.45) is 6.98. The van der Waals surface area contributed by atoms with E-state index in [0.717, 1.165) is 36.0 Å². The number of likely N-dealkylation sites (tertiary alicyclic amines) is 1. The van der Waals surface area contributed by atoms with E-state index in [9.17, 15) is 4.79 Å². The monoisotopic (exact) mass is 363 g/mol. The highest BCUT2D eigenvalue weighted by molar-refractivity contribution is 5.93. The molecule has 1 aliphatic rings. The molecular formula is C20H21N5O2. The van der Waals surface area contributed by atoms with Crippen molar-refractivity contribution >= 4 is 16.9 Å². The van der Waals surface area contributed by atoms with Crippen LogP contribution in [0.2, 0.25) is 0 Å². The van der Waals surface area contributed by atoms with Crippen molar-refractivity contribution in [3.05, 3.63) is 54.1 Å². The third-order valence-electron chi connectivity index (χ3n) is 4.68. The molecule has 1 fully saturated rings. The van der Waals surface area contributed by atoms with Gasteiger partial charge in [-0.3, -0.25) is 9.78 Å². The summed E-state index contributed by atoms with van der Waals surface area (Å²) in [7, 11) is 0. The molecule has 0 N–H and O–H groups in total. The van der Waals surface area contributed by atoms with Crippen molar-refractivity contribution in [3.63, 3.8) is 0 Å². The zero-order chi connectivity index (χ0) is 18.6. The highest BCUT2D eigenvalue weighted by atomic mass is 16.5. The number of rotatable bonds is 4. The summed E-state index contributed by atoms with van der Waals surface area (Å²) in [5.74, 6) is 0.172. The number of carbonyl (C=O) groups is 1.